The largest absolute Gasteiger partial charge is 0.361 e. The lowest BCUT2D eigenvalue weighted by atomic mass is 9.98. The molecule has 1 atom stereocenters. The number of para-hydroxylation sites is 1. The third kappa shape index (κ3) is 2.22. The molecular formula is C20H20N4. The number of nitrogens with zero attached hydrogens (tertiary/aromatic N) is 3. The molecule has 4 heteroatoms. The first kappa shape index (κ1) is 13.8. The number of nitrogens with one attached hydrogen (secondary N) is 1. The van der Waals surface area contributed by atoms with Crippen LogP contribution in [0.2, 0.25) is 0 Å². The van der Waals surface area contributed by atoms with Crippen molar-refractivity contribution in [2.45, 2.75) is 18.9 Å². The van der Waals surface area contributed by atoms with Gasteiger partial charge in [0.05, 0.1) is 5.52 Å². The molecule has 5 rings (SSSR count). The van der Waals surface area contributed by atoms with E-state index in [0.29, 0.717) is 5.92 Å². The molecule has 0 bridgehead atoms. The lowest BCUT2D eigenvalue weighted by Crippen LogP contribution is -2.20. The van der Waals surface area contributed by atoms with Crippen molar-refractivity contribution >= 4 is 16.4 Å². The molecule has 0 spiro atoms. The minimum atomic E-state index is 0.616. The Morgan fingerprint density at radius 2 is 2.08 bits per heavy atom. The van der Waals surface area contributed by atoms with Gasteiger partial charge in [0.2, 0.25) is 0 Å². The predicted octanol–water partition coefficient (Wildman–Crippen LogP) is 3.81. The van der Waals surface area contributed by atoms with Crippen molar-refractivity contribution in [2.24, 2.45) is 0 Å². The van der Waals surface area contributed by atoms with E-state index in [0.717, 1.165) is 19.6 Å². The maximum atomic E-state index is 4.34. The van der Waals surface area contributed by atoms with Crippen molar-refractivity contribution in [1.82, 2.24) is 19.5 Å². The van der Waals surface area contributed by atoms with E-state index in [-0.39, 0.29) is 0 Å². The van der Waals surface area contributed by atoms with Crippen LogP contribution in [0.25, 0.3) is 16.4 Å². The molecule has 4 heterocycles. The summed E-state index contributed by atoms with van der Waals surface area (Å²) in [6.07, 6.45) is 7.32. The average molecular weight is 316 g/mol. The smallest absolute Gasteiger partial charge is 0.0706 e. The summed E-state index contributed by atoms with van der Waals surface area (Å²) in [4.78, 5) is 5.98. The van der Waals surface area contributed by atoms with E-state index < -0.39 is 0 Å². The predicted molar refractivity (Wildman–Crippen MR) is 96.1 cm³/mol. The summed E-state index contributed by atoms with van der Waals surface area (Å²) in [5, 5.41) is 5.71. The molecule has 1 fully saturated rings. The van der Waals surface area contributed by atoms with Crippen molar-refractivity contribution in [3.63, 3.8) is 0 Å². The molecule has 0 unspecified atom stereocenters. The van der Waals surface area contributed by atoms with Gasteiger partial charge in [0.15, 0.2) is 0 Å². The first-order valence-electron chi connectivity index (χ1n) is 8.58. The molecule has 4 aromatic rings. The van der Waals surface area contributed by atoms with E-state index in [4.69, 9.17) is 0 Å². The number of hydrogen-bond donors (Lipinski definition) is 1. The number of H-pyrrole nitrogens is 1. The molecule has 1 aliphatic rings. The first-order valence-corrected chi connectivity index (χ1v) is 8.58. The fraction of sp³-hybridized carbons (Fsp3) is 0.250. The number of aromatic amines is 1. The van der Waals surface area contributed by atoms with Gasteiger partial charge in [-0.2, -0.15) is 5.10 Å². The Morgan fingerprint density at radius 1 is 1.12 bits per heavy atom. The quantitative estimate of drug-likeness (QED) is 0.624. The molecule has 1 aliphatic heterocycles. The van der Waals surface area contributed by atoms with Crippen LogP contribution >= 0.6 is 0 Å². The van der Waals surface area contributed by atoms with Gasteiger partial charge in [-0.25, -0.2) is 4.52 Å². The first-order chi connectivity index (χ1) is 11.9. The van der Waals surface area contributed by atoms with Gasteiger partial charge in [-0.15, -0.1) is 0 Å². The molecule has 0 radical (unpaired) electrons. The second kappa shape index (κ2) is 5.49. The van der Waals surface area contributed by atoms with Gasteiger partial charge in [-0.3, -0.25) is 4.90 Å². The van der Waals surface area contributed by atoms with E-state index >= 15 is 0 Å². The van der Waals surface area contributed by atoms with Gasteiger partial charge in [0.25, 0.3) is 0 Å². The van der Waals surface area contributed by atoms with Gasteiger partial charge in [-0.1, -0.05) is 24.3 Å². The standard InChI is InChI=1S/C20H20N4/c1-2-6-19-17(5-1)18(12-21-19)15-8-11-23(13-15)14-16-4-3-10-24-20(16)7-9-22-24/h1-7,9-10,12,15,21H,8,11,13-14H2/t15-/m0/s1. The Morgan fingerprint density at radius 3 is 3.08 bits per heavy atom. The highest BCUT2D eigenvalue weighted by Crippen LogP contribution is 2.33. The monoisotopic (exact) mass is 316 g/mol. The zero-order chi connectivity index (χ0) is 15.9. The Labute approximate surface area is 140 Å². The zero-order valence-corrected chi connectivity index (χ0v) is 13.5. The fourth-order valence-corrected chi connectivity index (χ4v) is 4.05. The molecule has 4 nitrogen and oxygen atoms in total. The minimum Gasteiger partial charge on any atom is -0.361 e. The van der Waals surface area contributed by atoms with Crippen LogP contribution in [0.15, 0.2) is 61.1 Å². The van der Waals surface area contributed by atoms with E-state index in [1.54, 1.807) is 0 Å². The van der Waals surface area contributed by atoms with Crippen LogP contribution < -0.4 is 0 Å². The van der Waals surface area contributed by atoms with Gasteiger partial charge < -0.3 is 4.98 Å². The van der Waals surface area contributed by atoms with Crippen molar-refractivity contribution < 1.29 is 0 Å². The van der Waals surface area contributed by atoms with Crippen LogP contribution in [-0.2, 0) is 6.54 Å². The normalized spacial score (nSPS) is 18.8. The third-order valence-electron chi connectivity index (χ3n) is 5.25. The number of aromatic nitrogens is 3. The summed E-state index contributed by atoms with van der Waals surface area (Å²) in [5.41, 5.74) is 5.29. The lowest BCUT2D eigenvalue weighted by molar-refractivity contribution is 0.328. The molecule has 3 aromatic heterocycles. The van der Waals surface area contributed by atoms with Gasteiger partial charge in [0, 0.05) is 42.6 Å². The summed E-state index contributed by atoms with van der Waals surface area (Å²) in [6, 6.07) is 15.0. The van der Waals surface area contributed by atoms with Crippen molar-refractivity contribution in [3.8, 4) is 0 Å². The molecule has 0 amide bonds. The SMILES string of the molecule is c1ccc2c([C@H]3CCN(Cc4cccn5nccc45)C3)c[nH]c2c1. The third-order valence-corrected chi connectivity index (χ3v) is 5.25. The highest BCUT2D eigenvalue weighted by molar-refractivity contribution is 5.83. The van der Waals surface area contributed by atoms with E-state index in [9.17, 15) is 0 Å². The number of hydrogen-bond acceptors (Lipinski definition) is 2. The second-order valence-electron chi connectivity index (χ2n) is 6.70. The maximum absolute atomic E-state index is 4.34. The molecule has 120 valence electrons. The maximum Gasteiger partial charge on any atom is 0.0706 e. The Bertz CT molecular complexity index is 997. The summed E-state index contributed by atoms with van der Waals surface area (Å²) < 4.78 is 1.96. The van der Waals surface area contributed by atoms with Crippen LogP contribution in [0.5, 0.6) is 0 Å². The number of likely N-dealkylation sites (tertiary alicyclic amines) is 1. The summed E-state index contributed by atoms with van der Waals surface area (Å²) in [5.74, 6) is 0.616. The lowest BCUT2D eigenvalue weighted by Gasteiger charge is -2.16. The molecule has 1 aromatic carbocycles. The van der Waals surface area contributed by atoms with Crippen molar-refractivity contribution in [1.29, 1.82) is 0 Å². The summed E-state index contributed by atoms with van der Waals surface area (Å²) in [7, 11) is 0. The summed E-state index contributed by atoms with van der Waals surface area (Å²) in [6.45, 7) is 3.27. The second-order valence-corrected chi connectivity index (χ2v) is 6.70. The highest BCUT2D eigenvalue weighted by atomic mass is 15.2. The topological polar surface area (TPSA) is 36.3 Å². The fourth-order valence-electron chi connectivity index (χ4n) is 4.05. The van der Waals surface area contributed by atoms with E-state index in [1.165, 1.54) is 34.0 Å². The zero-order valence-electron chi connectivity index (χ0n) is 13.5. The van der Waals surface area contributed by atoms with Gasteiger partial charge in [-0.05, 0) is 48.2 Å². The van der Waals surface area contributed by atoms with Crippen molar-refractivity contribution in [2.75, 3.05) is 13.1 Å². The minimum absolute atomic E-state index is 0.616. The van der Waals surface area contributed by atoms with Crippen molar-refractivity contribution in [3.05, 3.63) is 72.2 Å². The molecule has 0 saturated carbocycles. The van der Waals surface area contributed by atoms with Crippen LogP contribution in [-0.4, -0.2) is 32.6 Å². The average Bonchev–Trinajstić information content (AvgIpc) is 3.34. The molecular weight excluding hydrogens is 296 g/mol. The van der Waals surface area contributed by atoms with Crippen LogP contribution in [0, 0.1) is 0 Å². The Kier molecular flexibility index (Phi) is 3.16. The van der Waals surface area contributed by atoms with Crippen LogP contribution in [0.3, 0.4) is 0 Å². The van der Waals surface area contributed by atoms with E-state index in [2.05, 4.69) is 63.6 Å². The number of benzene rings is 1. The summed E-state index contributed by atoms with van der Waals surface area (Å²) >= 11 is 0. The molecule has 24 heavy (non-hydrogen) atoms. The molecule has 1 N–H and O–H groups in total. The van der Waals surface area contributed by atoms with E-state index in [1.807, 2.05) is 16.9 Å². The Hall–Kier alpha value is -2.59. The van der Waals surface area contributed by atoms with Gasteiger partial charge >= 0.3 is 0 Å². The molecule has 1 saturated heterocycles. The van der Waals surface area contributed by atoms with Crippen LogP contribution in [0.4, 0.5) is 0 Å². The number of fused-ring (bicyclic) bond motifs is 2. The van der Waals surface area contributed by atoms with Gasteiger partial charge in [0.1, 0.15) is 0 Å². The Balaban J connectivity index is 1.38. The number of rotatable bonds is 3. The highest BCUT2D eigenvalue weighted by Gasteiger charge is 2.26. The number of pyridine rings is 1. The van der Waals surface area contributed by atoms with Crippen LogP contribution in [0.1, 0.15) is 23.5 Å². The molecule has 0 aliphatic carbocycles.